The Hall–Kier alpha value is -3.84. The number of hydrogen-bond donors (Lipinski definition) is 4. The number of aromatic nitrogens is 2. The van der Waals surface area contributed by atoms with Gasteiger partial charge in [-0.15, -0.1) is 13.2 Å². The lowest BCUT2D eigenvalue weighted by Crippen LogP contribution is -2.38. The molecule has 0 saturated carbocycles. The van der Waals surface area contributed by atoms with E-state index in [9.17, 15) is 22.4 Å². The minimum Gasteiger partial charge on any atom is -0.480 e. The number of hydrogen-bond acceptors (Lipinski definition) is 8. The monoisotopic (exact) mass is 527 g/mol. The number of carbonyl (C=O) groups excluding carboxylic acids is 1. The fourth-order valence-electron chi connectivity index (χ4n) is 3.33. The Bertz CT molecular complexity index is 1280. The van der Waals surface area contributed by atoms with Crippen molar-refractivity contribution in [1.82, 2.24) is 15.3 Å². The fraction of sp³-hybridized carbons (Fsp3) is 0.227. The molecule has 1 aliphatic heterocycles. The van der Waals surface area contributed by atoms with Crippen LogP contribution in [0.3, 0.4) is 0 Å². The molecule has 2 heterocycles. The van der Waals surface area contributed by atoms with Gasteiger partial charge in [-0.2, -0.15) is 4.98 Å². The van der Waals surface area contributed by atoms with Gasteiger partial charge >= 0.3 is 6.36 Å². The average Bonchev–Trinajstić information content (AvgIpc) is 3.24. The SMILES string of the molecule is O=C(NCCO)C1Cc2cc(Nc3ncc(F)c(Nc4ccc(OC(F)(F)F)c(Cl)c4)n3)ccc2O1. The summed E-state index contributed by atoms with van der Waals surface area (Å²) in [7, 11) is 0. The first-order valence-corrected chi connectivity index (χ1v) is 10.8. The van der Waals surface area contributed by atoms with Crippen molar-refractivity contribution in [2.24, 2.45) is 0 Å². The number of benzene rings is 2. The van der Waals surface area contributed by atoms with E-state index in [1.54, 1.807) is 18.2 Å². The molecule has 0 spiro atoms. The second-order valence-corrected chi connectivity index (χ2v) is 7.89. The number of nitrogens with one attached hydrogen (secondary N) is 3. The van der Waals surface area contributed by atoms with Crippen LogP contribution in [0.4, 0.5) is 40.7 Å². The first-order chi connectivity index (χ1) is 17.1. The molecule has 4 N–H and O–H groups in total. The number of carbonyl (C=O) groups is 1. The molecular weight excluding hydrogens is 510 g/mol. The van der Waals surface area contributed by atoms with Crippen LogP contribution in [0.15, 0.2) is 42.6 Å². The highest BCUT2D eigenvalue weighted by Gasteiger charge is 2.32. The maximum Gasteiger partial charge on any atom is 0.573 e. The van der Waals surface area contributed by atoms with Crippen LogP contribution in [-0.2, 0) is 11.2 Å². The number of aliphatic hydroxyl groups excluding tert-OH is 1. The molecule has 0 bridgehead atoms. The highest BCUT2D eigenvalue weighted by atomic mass is 35.5. The average molecular weight is 528 g/mol. The van der Waals surface area contributed by atoms with E-state index in [0.29, 0.717) is 17.9 Å². The number of rotatable bonds is 8. The molecule has 1 atom stereocenters. The molecule has 0 fully saturated rings. The maximum atomic E-state index is 14.3. The predicted octanol–water partition coefficient (Wildman–Crippen LogP) is 4.07. The quantitative estimate of drug-likeness (QED) is 0.324. The summed E-state index contributed by atoms with van der Waals surface area (Å²) in [6, 6.07) is 8.38. The van der Waals surface area contributed by atoms with Crippen LogP contribution in [0.1, 0.15) is 5.56 Å². The minimum absolute atomic E-state index is 0.0260. The Morgan fingerprint density at radius 2 is 1.94 bits per heavy atom. The van der Waals surface area contributed by atoms with Gasteiger partial charge in [0.05, 0.1) is 17.8 Å². The molecule has 36 heavy (non-hydrogen) atoms. The lowest BCUT2D eigenvalue weighted by Gasteiger charge is -2.13. The first kappa shape index (κ1) is 25.3. The highest BCUT2D eigenvalue weighted by molar-refractivity contribution is 6.32. The zero-order valence-electron chi connectivity index (χ0n) is 18.2. The van der Waals surface area contributed by atoms with Gasteiger partial charge in [-0.25, -0.2) is 9.37 Å². The standard InChI is InChI=1S/C22H18ClF4N5O4/c23-14-9-13(2-4-17(14)36-22(25,26)27)30-19-15(24)10-29-21(32-19)31-12-1-3-16-11(7-12)8-18(35-16)20(34)28-5-6-33/h1-4,7,9-10,18,33H,5-6,8H2,(H,28,34)(H2,29,30,31,32). The molecular formula is C22H18ClF4N5O4. The Morgan fingerprint density at radius 1 is 1.19 bits per heavy atom. The smallest absolute Gasteiger partial charge is 0.480 e. The van der Waals surface area contributed by atoms with E-state index in [1.165, 1.54) is 6.07 Å². The molecule has 1 aliphatic rings. The van der Waals surface area contributed by atoms with E-state index >= 15 is 0 Å². The first-order valence-electron chi connectivity index (χ1n) is 10.4. The summed E-state index contributed by atoms with van der Waals surface area (Å²) in [6.45, 7) is -0.0589. The van der Waals surface area contributed by atoms with Crippen LogP contribution >= 0.6 is 11.6 Å². The third-order valence-electron chi connectivity index (χ3n) is 4.86. The molecule has 4 rings (SSSR count). The summed E-state index contributed by atoms with van der Waals surface area (Å²) in [5, 5.41) is 16.6. The van der Waals surface area contributed by atoms with Crippen molar-refractivity contribution in [3.63, 3.8) is 0 Å². The van der Waals surface area contributed by atoms with Gasteiger partial charge in [0, 0.05) is 29.9 Å². The van der Waals surface area contributed by atoms with Gasteiger partial charge in [-0.3, -0.25) is 4.79 Å². The zero-order valence-corrected chi connectivity index (χ0v) is 19.0. The lowest BCUT2D eigenvalue weighted by molar-refractivity contribution is -0.274. The van der Waals surface area contributed by atoms with E-state index < -0.39 is 24.0 Å². The number of amides is 1. The molecule has 2 aromatic carbocycles. The lowest BCUT2D eigenvalue weighted by atomic mass is 10.1. The van der Waals surface area contributed by atoms with Crippen LogP contribution in [0.2, 0.25) is 5.02 Å². The Balaban J connectivity index is 1.45. The molecule has 14 heteroatoms. The second kappa shape index (κ2) is 10.4. The summed E-state index contributed by atoms with van der Waals surface area (Å²) in [5.74, 6) is -1.45. The van der Waals surface area contributed by atoms with E-state index in [-0.39, 0.29) is 41.5 Å². The van der Waals surface area contributed by atoms with Crippen LogP contribution in [-0.4, -0.2) is 46.6 Å². The van der Waals surface area contributed by atoms with Crippen LogP contribution in [0, 0.1) is 5.82 Å². The Kier molecular flexibility index (Phi) is 7.31. The normalized spacial score (nSPS) is 14.6. The summed E-state index contributed by atoms with van der Waals surface area (Å²) in [4.78, 5) is 20.0. The maximum absolute atomic E-state index is 14.3. The fourth-order valence-corrected chi connectivity index (χ4v) is 3.55. The third-order valence-corrected chi connectivity index (χ3v) is 5.15. The molecule has 0 saturated heterocycles. The van der Waals surface area contributed by atoms with Crippen LogP contribution in [0.25, 0.3) is 0 Å². The molecule has 1 unspecified atom stereocenters. The van der Waals surface area contributed by atoms with Crippen molar-refractivity contribution in [2.75, 3.05) is 23.8 Å². The van der Waals surface area contributed by atoms with Crippen molar-refractivity contribution >= 4 is 40.6 Å². The van der Waals surface area contributed by atoms with E-state index in [0.717, 1.165) is 23.9 Å². The molecule has 3 aromatic rings. The number of nitrogens with zero attached hydrogens (tertiary/aromatic N) is 2. The predicted molar refractivity (Wildman–Crippen MR) is 121 cm³/mol. The molecule has 0 aliphatic carbocycles. The van der Waals surface area contributed by atoms with Crippen molar-refractivity contribution < 1.29 is 36.9 Å². The van der Waals surface area contributed by atoms with Gasteiger partial charge < -0.3 is 30.5 Å². The van der Waals surface area contributed by atoms with Crippen LogP contribution in [0.5, 0.6) is 11.5 Å². The van der Waals surface area contributed by atoms with Crippen molar-refractivity contribution in [1.29, 1.82) is 0 Å². The molecule has 0 radical (unpaired) electrons. The molecule has 1 amide bonds. The van der Waals surface area contributed by atoms with Gasteiger partial charge in [-0.1, -0.05) is 11.6 Å². The van der Waals surface area contributed by atoms with Crippen molar-refractivity contribution in [3.8, 4) is 11.5 Å². The van der Waals surface area contributed by atoms with E-state index in [4.69, 9.17) is 21.4 Å². The number of halogens is 5. The van der Waals surface area contributed by atoms with E-state index in [1.807, 2.05) is 0 Å². The topological polar surface area (TPSA) is 118 Å². The van der Waals surface area contributed by atoms with Gasteiger partial charge in [0.1, 0.15) is 11.5 Å². The third kappa shape index (κ3) is 6.23. The number of alkyl halides is 3. The molecule has 190 valence electrons. The van der Waals surface area contributed by atoms with Crippen molar-refractivity contribution in [3.05, 3.63) is 59.0 Å². The van der Waals surface area contributed by atoms with Crippen LogP contribution < -0.4 is 25.4 Å². The highest BCUT2D eigenvalue weighted by Crippen LogP contribution is 2.34. The number of aliphatic hydroxyl groups is 1. The molecule has 1 aromatic heterocycles. The summed E-state index contributed by atoms with van der Waals surface area (Å²) >= 11 is 5.83. The minimum atomic E-state index is -4.91. The second-order valence-electron chi connectivity index (χ2n) is 7.48. The Morgan fingerprint density at radius 3 is 2.67 bits per heavy atom. The number of ether oxygens (including phenoxy) is 2. The largest absolute Gasteiger partial charge is 0.573 e. The summed E-state index contributed by atoms with van der Waals surface area (Å²) < 4.78 is 61.0. The number of fused-ring (bicyclic) bond motifs is 1. The Labute approximate surface area is 206 Å². The number of anilines is 4. The summed E-state index contributed by atoms with van der Waals surface area (Å²) in [6.07, 6.45) is -4.40. The van der Waals surface area contributed by atoms with Gasteiger partial charge in [-0.05, 0) is 36.4 Å². The van der Waals surface area contributed by atoms with Crippen molar-refractivity contribution in [2.45, 2.75) is 18.9 Å². The zero-order chi connectivity index (χ0) is 25.9. The van der Waals surface area contributed by atoms with Gasteiger partial charge in [0.2, 0.25) is 5.95 Å². The van der Waals surface area contributed by atoms with E-state index in [2.05, 4.69) is 30.7 Å². The summed E-state index contributed by atoms with van der Waals surface area (Å²) in [5.41, 5.74) is 1.46. The van der Waals surface area contributed by atoms with Gasteiger partial charge in [0.25, 0.3) is 5.91 Å². The molecule has 9 nitrogen and oxygen atoms in total. The van der Waals surface area contributed by atoms with Gasteiger partial charge in [0.15, 0.2) is 17.7 Å².